The topological polar surface area (TPSA) is 33.2 Å². The van der Waals surface area contributed by atoms with Gasteiger partial charge in [0, 0.05) is 17.5 Å². The average molecular weight is 343 g/mol. The number of thiazole rings is 1. The first-order valence-electron chi connectivity index (χ1n) is 6.52. The molecule has 1 amide bonds. The fourth-order valence-electron chi connectivity index (χ4n) is 1.98. The van der Waals surface area contributed by atoms with Crippen LogP contribution in [0.15, 0.2) is 29.6 Å². The Morgan fingerprint density at radius 3 is 2.76 bits per heavy atom. The normalized spacial score (nSPS) is 12.2. The van der Waals surface area contributed by atoms with Crippen molar-refractivity contribution in [2.75, 3.05) is 7.05 Å². The first-order valence-corrected chi connectivity index (χ1v) is 8.31. The molecular formula is C15H16Cl2N2OS. The zero-order chi connectivity index (χ0) is 15.4. The molecule has 1 aromatic carbocycles. The lowest BCUT2D eigenvalue weighted by Crippen LogP contribution is -2.31. The molecule has 2 rings (SSSR count). The van der Waals surface area contributed by atoms with E-state index in [2.05, 4.69) is 4.98 Å². The van der Waals surface area contributed by atoms with E-state index in [1.807, 2.05) is 36.6 Å². The maximum absolute atomic E-state index is 12.4. The molecule has 0 saturated heterocycles. The molecule has 0 radical (unpaired) electrons. The Bertz CT molecular complexity index is 630. The molecule has 3 nitrogen and oxygen atoms in total. The average Bonchev–Trinajstić information content (AvgIpc) is 2.93. The molecule has 0 fully saturated rings. The number of carbonyl (C=O) groups excluding carboxylic acids is 1. The Morgan fingerprint density at radius 1 is 1.43 bits per heavy atom. The van der Waals surface area contributed by atoms with Crippen LogP contribution in [0.1, 0.15) is 29.2 Å². The number of carbonyl (C=O) groups is 1. The molecule has 1 aromatic heterocycles. The minimum absolute atomic E-state index is 0.0119. The van der Waals surface area contributed by atoms with Crippen LogP contribution in [0.2, 0.25) is 5.02 Å². The van der Waals surface area contributed by atoms with E-state index in [0.29, 0.717) is 10.9 Å². The largest absolute Gasteiger partial charge is 0.339 e. The SMILES string of the molecule is CC(c1ccccc1Cl)N(C)C(=O)Cc1nc(CCl)cs1. The Labute approximate surface area is 138 Å². The van der Waals surface area contributed by atoms with Crippen molar-refractivity contribution in [3.8, 4) is 0 Å². The summed E-state index contributed by atoms with van der Waals surface area (Å²) in [6.07, 6.45) is 0.285. The summed E-state index contributed by atoms with van der Waals surface area (Å²) in [6, 6.07) is 7.48. The number of benzene rings is 1. The van der Waals surface area contributed by atoms with Crippen molar-refractivity contribution in [2.45, 2.75) is 25.3 Å². The molecule has 0 N–H and O–H groups in total. The van der Waals surface area contributed by atoms with Gasteiger partial charge >= 0.3 is 0 Å². The lowest BCUT2D eigenvalue weighted by molar-refractivity contribution is -0.131. The third kappa shape index (κ3) is 3.96. The quantitative estimate of drug-likeness (QED) is 0.759. The van der Waals surface area contributed by atoms with Gasteiger partial charge in [-0.15, -0.1) is 22.9 Å². The molecule has 0 aliphatic heterocycles. The van der Waals surface area contributed by atoms with Crippen molar-refractivity contribution in [1.82, 2.24) is 9.88 Å². The van der Waals surface area contributed by atoms with Crippen molar-refractivity contribution < 1.29 is 4.79 Å². The fraction of sp³-hybridized carbons (Fsp3) is 0.333. The van der Waals surface area contributed by atoms with Gasteiger partial charge in [0.05, 0.1) is 24.0 Å². The van der Waals surface area contributed by atoms with Gasteiger partial charge in [-0.2, -0.15) is 0 Å². The van der Waals surface area contributed by atoms with E-state index in [1.165, 1.54) is 11.3 Å². The van der Waals surface area contributed by atoms with E-state index in [-0.39, 0.29) is 18.4 Å². The molecule has 1 atom stereocenters. The maximum atomic E-state index is 12.4. The number of hydrogen-bond donors (Lipinski definition) is 0. The number of halogens is 2. The molecule has 6 heteroatoms. The zero-order valence-electron chi connectivity index (χ0n) is 11.8. The first kappa shape index (κ1) is 16.3. The summed E-state index contributed by atoms with van der Waals surface area (Å²) in [5, 5.41) is 3.34. The molecule has 21 heavy (non-hydrogen) atoms. The van der Waals surface area contributed by atoms with E-state index in [9.17, 15) is 4.79 Å². The van der Waals surface area contributed by atoms with E-state index in [0.717, 1.165) is 16.3 Å². The van der Waals surface area contributed by atoms with Crippen LogP contribution in [0.4, 0.5) is 0 Å². The van der Waals surface area contributed by atoms with Crippen LogP contribution in [-0.2, 0) is 17.1 Å². The summed E-state index contributed by atoms with van der Waals surface area (Å²) < 4.78 is 0. The number of nitrogens with zero attached hydrogens (tertiary/aromatic N) is 2. The molecule has 112 valence electrons. The number of hydrogen-bond acceptors (Lipinski definition) is 3. The van der Waals surface area contributed by atoms with Crippen molar-refractivity contribution in [2.24, 2.45) is 0 Å². The fourth-order valence-corrected chi connectivity index (χ4v) is 3.29. The standard InChI is InChI=1S/C15H16Cl2N2OS/c1-10(12-5-3-4-6-13(12)17)19(2)15(20)7-14-18-11(8-16)9-21-14/h3-6,9-10H,7-8H2,1-2H3. The highest BCUT2D eigenvalue weighted by Crippen LogP contribution is 2.26. The second-order valence-electron chi connectivity index (χ2n) is 4.75. The molecule has 0 spiro atoms. The molecule has 0 aliphatic rings. The zero-order valence-corrected chi connectivity index (χ0v) is 14.2. The summed E-state index contributed by atoms with van der Waals surface area (Å²) in [6.45, 7) is 1.96. The first-order chi connectivity index (χ1) is 10.0. The van der Waals surface area contributed by atoms with Crippen molar-refractivity contribution in [3.05, 3.63) is 50.9 Å². The summed E-state index contributed by atoms with van der Waals surface area (Å²) in [4.78, 5) is 18.4. The van der Waals surface area contributed by atoms with Crippen LogP contribution in [-0.4, -0.2) is 22.8 Å². The van der Waals surface area contributed by atoms with Gasteiger partial charge in [-0.05, 0) is 18.6 Å². The number of rotatable bonds is 5. The Kier molecular flexibility index (Phi) is 5.62. The number of aromatic nitrogens is 1. The van der Waals surface area contributed by atoms with Crippen molar-refractivity contribution in [1.29, 1.82) is 0 Å². The van der Waals surface area contributed by atoms with Crippen LogP contribution in [0.25, 0.3) is 0 Å². The third-order valence-electron chi connectivity index (χ3n) is 3.37. The van der Waals surface area contributed by atoms with Gasteiger partial charge in [-0.1, -0.05) is 29.8 Å². The van der Waals surface area contributed by atoms with Crippen LogP contribution in [0.3, 0.4) is 0 Å². The lowest BCUT2D eigenvalue weighted by Gasteiger charge is -2.25. The molecule has 1 unspecified atom stereocenters. The van der Waals surface area contributed by atoms with Gasteiger partial charge in [-0.3, -0.25) is 4.79 Å². The summed E-state index contributed by atoms with van der Waals surface area (Å²) in [5.74, 6) is 0.384. The molecular weight excluding hydrogens is 327 g/mol. The Morgan fingerprint density at radius 2 is 2.14 bits per heavy atom. The van der Waals surface area contributed by atoms with E-state index in [4.69, 9.17) is 23.2 Å². The number of alkyl halides is 1. The summed E-state index contributed by atoms with van der Waals surface area (Å²) >= 11 is 13.4. The van der Waals surface area contributed by atoms with Gasteiger partial charge in [-0.25, -0.2) is 4.98 Å². The van der Waals surface area contributed by atoms with E-state index >= 15 is 0 Å². The molecule has 1 heterocycles. The smallest absolute Gasteiger partial charge is 0.229 e. The van der Waals surface area contributed by atoms with Crippen molar-refractivity contribution >= 4 is 40.4 Å². The second-order valence-corrected chi connectivity index (χ2v) is 6.36. The van der Waals surface area contributed by atoms with E-state index < -0.39 is 0 Å². The summed E-state index contributed by atoms with van der Waals surface area (Å²) in [5.41, 5.74) is 1.75. The Hall–Kier alpha value is -1.10. The second kappa shape index (κ2) is 7.25. The highest BCUT2D eigenvalue weighted by molar-refractivity contribution is 7.09. The van der Waals surface area contributed by atoms with E-state index in [1.54, 1.807) is 11.9 Å². The minimum Gasteiger partial charge on any atom is -0.339 e. The predicted octanol–water partition coefficient (Wildman–Crippen LogP) is 4.30. The highest BCUT2D eigenvalue weighted by atomic mass is 35.5. The Balaban J connectivity index is 2.06. The minimum atomic E-state index is -0.0846. The van der Waals surface area contributed by atoms with Crippen molar-refractivity contribution in [3.63, 3.8) is 0 Å². The van der Waals surface area contributed by atoms with Gasteiger partial charge in [0.25, 0.3) is 0 Å². The monoisotopic (exact) mass is 342 g/mol. The third-order valence-corrected chi connectivity index (χ3v) is 4.88. The highest BCUT2D eigenvalue weighted by Gasteiger charge is 2.20. The van der Waals surface area contributed by atoms with Gasteiger partial charge in [0.15, 0.2) is 0 Å². The molecule has 0 bridgehead atoms. The van der Waals surface area contributed by atoms with Crippen LogP contribution >= 0.6 is 34.5 Å². The lowest BCUT2D eigenvalue weighted by atomic mass is 10.1. The van der Waals surface area contributed by atoms with Crippen LogP contribution in [0, 0.1) is 0 Å². The molecule has 2 aromatic rings. The number of amides is 1. The molecule has 0 aliphatic carbocycles. The van der Waals surface area contributed by atoms with Crippen LogP contribution in [0.5, 0.6) is 0 Å². The van der Waals surface area contributed by atoms with Gasteiger partial charge < -0.3 is 4.90 Å². The maximum Gasteiger partial charge on any atom is 0.229 e. The van der Waals surface area contributed by atoms with Gasteiger partial charge in [0.2, 0.25) is 5.91 Å². The van der Waals surface area contributed by atoms with Crippen LogP contribution < -0.4 is 0 Å². The predicted molar refractivity (Wildman–Crippen MR) is 88.0 cm³/mol. The number of likely N-dealkylation sites (N-methyl/N-ethyl adjacent to an activating group) is 1. The summed E-state index contributed by atoms with van der Waals surface area (Å²) in [7, 11) is 1.78. The van der Waals surface area contributed by atoms with Gasteiger partial charge in [0.1, 0.15) is 5.01 Å². The molecule has 0 saturated carbocycles.